The van der Waals surface area contributed by atoms with Crippen molar-refractivity contribution in [3.63, 3.8) is 0 Å². The number of likely N-dealkylation sites (tertiary alicyclic amines) is 1. The molecule has 6 nitrogen and oxygen atoms in total. The Kier molecular flexibility index (Phi) is 4.90. The van der Waals surface area contributed by atoms with E-state index >= 15 is 0 Å². The van der Waals surface area contributed by atoms with E-state index in [1.807, 2.05) is 18.2 Å². The average Bonchev–Trinajstić information content (AvgIpc) is 2.67. The molecular formula is C13H17BrN2O4S. The molecule has 1 heterocycles. The molecule has 116 valence electrons. The fraction of sp³-hybridized carbons (Fsp3) is 0.462. The highest BCUT2D eigenvalue weighted by molar-refractivity contribution is 9.10. The lowest BCUT2D eigenvalue weighted by molar-refractivity contribution is -0.128. The third-order valence-electron chi connectivity index (χ3n) is 3.37. The van der Waals surface area contributed by atoms with Crippen LogP contribution in [0.5, 0.6) is 5.75 Å². The molecule has 1 aromatic carbocycles. The number of hydrogen-bond acceptors (Lipinski definition) is 4. The number of carbonyl (C=O) groups excluding carboxylic acids is 1. The van der Waals surface area contributed by atoms with Crippen LogP contribution in [0.4, 0.5) is 0 Å². The van der Waals surface area contributed by atoms with Gasteiger partial charge in [0, 0.05) is 35.5 Å². The summed E-state index contributed by atoms with van der Waals surface area (Å²) in [5.41, 5.74) is 0.872. The molecule has 1 aliphatic heterocycles. The number of nitrogens with zero attached hydrogens (tertiary/aromatic N) is 1. The maximum absolute atomic E-state index is 12.0. The first-order valence-corrected chi connectivity index (χ1v) is 8.90. The zero-order valence-electron chi connectivity index (χ0n) is 11.6. The molecular weight excluding hydrogens is 360 g/mol. The summed E-state index contributed by atoms with van der Waals surface area (Å²) >= 11 is 3.39. The minimum Gasteiger partial charge on any atom is -0.496 e. The molecule has 1 aliphatic rings. The van der Waals surface area contributed by atoms with Crippen LogP contribution in [-0.2, 0) is 21.4 Å². The Morgan fingerprint density at radius 2 is 2.19 bits per heavy atom. The van der Waals surface area contributed by atoms with Crippen LogP contribution in [0.2, 0.25) is 0 Å². The predicted molar refractivity (Wildman–Crippen MR) is 82.2 cm³/mol. The summed E-state index contributed by atoms with van der Waals surface area (Å²) in [6.45, 7) is 0.785. The van der Waals surface area contributed by atoms with Crippen molar-refractivity contribution >= 4 is 31.9 Å². The summed E-state index contributed by atoms with van der Waals surface area (Å²) in [5, 5.41) is 5.04. The average molecular weight is 377 g/mol. The summed E-state index contributed by atoms with van der Waals surface area (Å²) in [6.07, 6.45) is 0.215. The van der Waals surface area contributed by atoms with Crippen molar-refractivity contribution in [2.75, 3.05) is 19.4 Å². The van der Waals surface area contributed by atoms with E-state index < -0.39 is 10.0 Å². The maximum atomic E-state index is 12.0. The van der Waals surface area contributed by atoms with Gasteiger partial charge in [-0.2, -0.15) is 0 Å². The van der Waals surface area contributed by atoms with Crippen molar-refractivity contribution in [2.24, 2.45) is 11.1 Å². The van der Waals surface area contributed by atoms with E-state index in [-0.39, 0.29) is 24.0 Å². The van der Waals surface area contributed by atoms with Crippen molar-refractivity contribution in [3.8, 4) is 5.75 Å². The first kappa shape index (κ1) is 16.3. The molecule has 1 saturated heterocycles. The highest BCUT2D eigenvalue weighted by Crippen LogP contribution is 2.27. The van der Waals surface area contributed by atoms with Crippen LogP contribution >= 0.6 is 15.9 Å². The molecule has 0 bridgehead atoms. The van der Waals surface area contributed by atoms with Crippen molar-refractivity contribution in [3.05, 3.63) is 28.2 Å². The molecule has 1 atom stereocenters. The number of methoxy groups -OCH3 is 1. The molecule has 8 heteroatoms. The van der Waals surface area contributed by atoms with Crippen LogP contribution < -0.4 is 9.88 Å². The van der Waals surface area contributed by atoms with Gasteiger partial charge in [0.25, 0.3) is 0 Å². The predicted octanol–water partition coefficient (Wildman–Crippen LogP) is 1.09. The number of hydrogen-bond donors (Lipinski definition) is 1. The summed E-state index contributed by atoms with van der Waals surface area (Å²) < 4.78 is 28.4. The largest absolute Gasteiger partial charge is 0.496 e. The number of sulfonamides is 1. The monoisotopic (exact) mass is 376 g/mol. The molecule has 1 amide bonds. The molecule has 1 fully saturated rings. The molecule has 21 heavy (non-hydrogen) atoms. The number of benzene rings is 1. The Morgan fingerprint density at radius 3 is 2.81 bits per heavy atom. The van der Waals surface area contributed by atoms with Gasteiger partial charge in [0.05, 0.1) is 12.9 Å². The van der Waals surface area contributed by atoms with Gasteiger partial charge < -0.3 is 9.64 Å². The molecule has 0 aliphatic carbocycles. The molecule has 1 unspecified atom stereocenters. The van der Waals surface area contributed by atoms with E-state index in [2.05, 4.69) is 15.9 Å². The van der Waals surface area contributed by atoms with Crippen molar-refractivity contribution < 1.29 is 17.9 Å². The van der Waals surface area contributed by atoms with E-state index in [1.54, 1.807) is 12.0 Å². The summed E-state index contributed by atoms with van der Waals surface area (Å²) in [4.78, 5) is 13.6. The van der Waals surface area contributed by atoms with E-state index in [0.717, 1.165) is 10.0 Å². The SMILES string of the molecule is COc1ccc(Br)cc1CN1CC(CS(N)(=O)=O)CC1=O. The molecule has 0 aromatic heterocycles. The van der Waals surface area contributed by atoms with Crippen LogP contribution in [0.25, 0.3) is 0 Å². The first-order valence-electron chi connectivity index (χ1n) is 6.39. The van der Waals surface area contributed by atoms with Crippen LogP contribution in [0, 0.1) is 5.92 Å². The number of primary sulfonamides is 1. The van der Waals surface area contributed by atoms with Gasteiger partial charge in [0.15, 0.2) is 0 Å². The number of nitrogens with two attached hydrogens (primary N) is 1. The zero-order valence-corrected chi connectivity index (χ0v) is 14.0. The number of amides is 1. The zero-order chi connectivity index (χ0) is 15.6. The van der Waals surface area contributed by atoms with Gasteiger partial charge in [-0.25, -0.2) is 13.6 Å². The summed E-state index contributed by atoms with van der Waals surface area (Å²) in [6, 6.07) is 5.57. The normalized spacial score (nSPS) is 19.1. The summed E-state index contributed by atoms with van der Waals surface area (Å²) in [5.74, 6) is 0.224. The van der Waals surface area contributed by atoms with Crippen LogP contribution in [0.1, 0.15) is 12.0 Å². The number of carbonyl (C=O) groups is 1. The van der Waals surface area contributed by atoms with Gasteiger partial charge in [-0.3, -0.25) is 4.79 Å². The minimum atomic E-state index is -3.56. The fourth-order valence-corrected chi connectivity index (χ4v) is 3.81. The molecule has 0 saturated carbocycles. The second-order valence-electron chi connectivity index (χ2n) is 5.13. The lowest BCUT2D eigenvalue weighted by Gasteiger charge is -2.18. The van der Waals surface area contributed by atoms with Crippen LogP contribution in [0.3, 0.4) is 0 Å². The van der Waals surface area contributed by atoms with E-state index in [9.17, 15) is 13.2 Å². The van der Waals surface area contributed by atoms with Gasteiger partial charge in [0.1, 0.15) is 5.75 Å². The van der Waals surface area contributed by atoms with E-state index in [1.165, 1.54) is 0 Å². The smallest absolute Gasteiger partial charge is 0.223 e. The molecule has 0 spiro atoms. The summed E-state index contributed by atoms with van der Waals surface area (Å²) in [7, 11) is -1.99. The Balaban J connectivity index is 2.10. The minimum absolute atomic E-state index is 0.0642. The maximum Gasteiger partial charge on any atom is 0.223 e. The Labute approximate surface area is 132 Å². The van der Waals surface area contributed by atoms with Gasteiger partial charge in [-0.05, 0) is 18.2 Å². The van der Waals surface area contributed by atoms with Crippen LogP contribution in [0.15, 0.2) is 22.7 Å². The van der Waals surface area contributed by atoms with Gasteiger partial charge in [0.2, 0.25) is 15.9 Å². The standard InChI is InChI=1S/C13H17BrN2O4S/c1-20-12-3-2-11(14)5-10(12)7-16-6-9(4-13(16)17)8-21(15,18)19/h2-3,5,9H,4,6-8H2,1H3,(H2,15,18,19). The number of halogens is 1. The highest BCUT2D eigenvalue weighted by Gasteiger charge is 2.32. The lowest BCUT2D eigenvalue weighted by atomic mass is 10.1. The van der Waals surface area contributed by atoms with Gasteiger partial charge >= 0.3 is 0 Å². The van der Waals surface area contributed by atoms with Gasteiger partial charge in [-0.1, -0.05) is 15.9 Å². The van der Waals surface area contributed by atoms with Crippen molar-refractivity contribution in [1.82, 2.24) is 4.90 Å². The van der Waals surface area contributed by atoms with Crippen LogP contribution in [-0.4, -0.2) is 38.6 Å². The fourth-order valence-electron chi connectivity index (χ4n) is 2.52. The van der Waals surface area contributed by atoms with E-state index in [0.29, 0.717) is 18.8 Å². The topological polar surface area (TPSA) is 89.7 Å². The molecule has 2 N–H and O–H groups in total. The molecule has 2 rings (SSSR count). The molecule has 1 aromatic rings. The highest BCUT2D eigenvalue weighted by atomic mass is 79.9. The lowest BCUT2D eigenvalue weighted by Crippen LogP contribution is -2.27. The third kappa shape index (κ3) is 4.42. The van der Waals surface area contributed by atoms with E-state index in [4.69, 9.17) is 9.88 Å². The van der Waals surface area contributed by atoms with Gasteiger partial charge in [-0.15, -0.1) is 0 Å². The Bertz CT molecular complexity index is 648. The first-order chi connectivity index (χ1) is 9.78. The second kappa shape index (κ2) is 6.33. The van der Waals surface area contributed by atoms with Crippen molar-refractivity contribution in [1.29, 1.82) is 0 Å². The second-order valence-corrected chi connectivity index (χ2v) is 7.70. The quantitative estimate of drug-likeness (QED) is 0.832. The number of rotatable bonds is 5. The third-order valence-corrected chi connectivity index (χ3v) is 4.80. The Morgan fingerprint density at radius 1 is 1.48 bits per heavy atom. The molecule has 0 radical (unpaired) electrons. The van der Waals surface area contributed by atoms with Crippen molar-refractivity contribution in [2.45, 2.75) is 13.0 Å². The Hall–Kier alpha value is -1.12. The number of ether oxygens (including phenoxy) is 1.